The fourth-order valence-electron chi connectivity index (χ4n) is 1.57. The predicted molar refractivity (Wildman–Crippen MR) is 80.5 cm³/mol. The number of hydrogen-bond donors (Lipinski definition) is 3. The maximum atomic E-state index is 11.5. The average molecular weight is 296 g/mol. The van der Waals surface area contributed by atoms with Crippen molar-refractivity contribution in [2.24, 2.45) is 0 Å². The zero-order valence-corrected chi connectivity index (χ0v) is 13.2. The number of phenols is 1. The molecule has 0 spiro atoms. The first-order valence-corrected chi connectivity index (χ1v) is 6.74. The number of ether oxygens (including phenoxy) is 1. The SMILES string of the molecule is CN(C)C(=O)Oc1cc(O)cc([C@@H](O)CNC(C)(C)C)c1. The third-order valence-electron chi connectivity index (χ3n) is 2.69. The Morgan fingerprint density at radius 1 is 1.33 bits per heavy atom. The van der Waals surface area contributed by atoms with Gasteiger partial charge >= 0.3 is 6.09 Å². The van der Waals surface area contributed by atoms with Gasteiger partial charge in [-0.1, -0.05) is 0 Å². The Hall–Kier alpha value is -1.79. The van der Waals surface area contributed by atoms with E-state index in [1.165, 1.54) is 23.1 Å². The molecule has 0 saturated carbocycles. The molecule has 0 aromatic heterocycles. The first kappa shape index (κ1) is 17.3. The summed E-state index contributed by atoms with van der Waals surface area (Å²) in [5, 5.41) is 23.0. The summed E-state index contributed by atoms with van der Waals surface area (Å²) >= 11 is 0. The zero-order chi connectivity index (χ0) is 16.2. The Balaban J connectivity index is 2.83. The van der Waals surface area contributed by atoms with Crippen molar-refractivity contribution < 1.29 is 19.7 Å². The van der Waals surface area contributed by atoms with E-state index in [2.05, 4.69) is 5.32 Å². The van der Waals surface area contributed by atoms with E-state index in [1.54, 1.807) is 14.1 Å². The van der Waals surface area contributed by atoms with E-state index < -0.39 is 12.2 Å². The molecule has 1 aromatic carbocycles. The van der Waals surface area contributed by atoms with Crippen molar-refractivity contribution in [1.82, 2.24) is 10.2 Å². The topological polar surface area (TPSA) is 82.0 Å². The second-order valence-corrected chi connectivity index (χ2v) is 6.17. The third-order valence-corrected chi connectivity index (χ3v) is 2.69. The number of carbonyl (C=O) groups is 1. The molecule has 0 aliphatic carbocycles. The summed E-state index contributed by atoms with van der Waals surface area (Å²) in [7, 11) is 3.13. The molecule has 1 atom stereocenters. The Kier molecular flexibility index (Phi) is 5.57. The second kappa shape index (κ2) is 6.78. The zero-order valence-electron chi connectivity index (χ0n) is 13.2. The molecule has 0 unspecified atom stereocenters. The molecule has 6 heteroatoms. The van der Waals surface area contributed by atoms with Crippen LogP contribution in [-0.2, 0) is 0 Å². The number of rotatable bonds is 4. The highest BCUT2D eigenvalue weighted by Crippen LogP contribution is 2.26. The van der Waals surface area contributed by atoms with Crippen LogP contribution in [0.4, 0.5) is 4.79 Å². The van der Waals surface area contributed by atoms with Crippen LogP contribution in [0.3, 0.4) is 0 Å². The monoisotopic (exact) mass is 296 g/mol. The summed E-state index contributed by atoms with van der Waals surface area (Å²) < 4.78 is 5.09. The minimum absolute atomic E-state index is 0.0659. The van der Waals surface area contributed by atoms with Crippen LogP contribution in [0.5, 0.6) is 11.5 Å². The van der Waals surface area contributed by atoms with Gasteiger partial charge in [-0.25, -0.2) is 4.79 Å². The molecule has 0 radical (unpaired) electrons. The number of aliphatic hydroxyl groups is 1. The summed E-state index contributed by atoms with van der Waals surface area (Å²) in [6, 6.07) is 4.31. The van der Waals surface area contributed by atoms with Crippen LogP contribution in [0.15, 0.2) is 18.2 Å². The number of hydrogen-bond acceptors (Lipinski definition) is 5. The highest BCUT2D eigenvalue weighted by Gasteiger charge is 2.16. The van der Waals surface area contributed by atoms with Gasteiger partial charge in [0.2, 0.25) is 0 Å². The minimum atomic E-state index is -0.812. The largest absolute Gasteiger partial charge is 0.508 e. The number of nitrogens with one attached hydrogen (secondary N) is 1. The van der Waals surface area contributed by atoms with Gasteiger partial charge in [-0.05, 0) is 38.5 Å². The van der Waals surface area contributed by atoms with E-state index in [4.69, 9.17) is 4.74 Å². The van der Waals surface area contributed by atoms with Gasteiger partial charge in [0.25, 0.3) is 0 Å². The number of aliphatic hydroxyl groups excluding tert-OH is 1. The third kappa shape index (κ3) is 6.01. The summed E-state index contributed by atoms with van der Waals surface area (Å²) in [6.45, 7) is 6.31. The van der Waals surface area contributed by atoms with Gasteiger partial charge in [-0.15, -0.1) is 0 Å². The average Bonchev–Trinajstić information content (AvgIpc) is 2.34. The highest BCUT2D eigenvalue weighted by atomic mass is 16.6. The van der Waals surface area contributed by atoms with Crippen molar-refractivity contribution >= 4 is 6.09 Å². The van der Waals surface area contributed by atoms with E-state index >= 15 is 0 Å². The molecular weight excluding hydrogens is 272 g/mol. The number of β-amino-alcohol motifs (C(OH)–C–C–N with tert-alkyl or cyclic N) is 1. The lowest BCUT2D eigenvalue weighted by atomic mass is 10.1. The number of carbonyl (C=O) groups excluding carboxylic acids is 1. The van der Waals surface area contributed by atoms with Gasteiger partial charge in [0.15, 0.2) is 0 Å². The van der Waals surface area contributed by atoms with Gasteiger partial charge in [0.1, 0.15) is 11.5 Å². The summed E-state index contributed by atoms with van der Waals surface area (Å²) in [4.78, 5) is 12.8. The Bertz CT molecular complexity index is 495. The molecule has 1 rings (SSSR count). The van der Waals surface area contributed by atoms with Crippen molar-refractivity contribution in [2.75, 3.05) is 20.6 Å². The van der Waals surface area contributed by atoms with Crippen molar-refractivity contribution in [2.45, 2.75) is 32.4 Å². The van der Waals surface area contributed by atoms with Crippen LogP contribution in [-0.4, -0.2) is 47.4 Å². The number of amides is 1. The molecule has 0 bridgehead atoms. The molecule has 118 valence electrons. The standard InChI is InChI=1S/C15H24N2O4/c1-15(2,3)16-9-13(19)10-6-11(18)8-12(7-10)21-14(20)17(4)5/h6-8,13,16,18-19H,9H2,1-5H3/t13-/m0/s1. The molecular formula is C15H24N2O4. The van der Waals surface area contributed by atoms with E-state index in [0.29, 0.717) is 12.1 Å². The van der Waals surface area contributed by atoms with Gasteiger partial charge in [0, 0.05) is 32.2 Å². The van der Waals surface area contributed by atoms with Crippen LogP contribution in [0.25, 0.3) is 0 Å². The molecule has 3 N–H and O–H groups in total. The van der Waals surface area contributed by atoms with Gasteiger partial charge in [-0.3, -0.25) is 0 Å². The molecule has 1 aromatic rings. The van der Waals surface area contributed by atoms with Crippen LogP contribution in [0.2, 0.25) is 0 Å². The molecule has 21 heavy (non-hydrogen) atoms. The van der Waals surface area contributed by atoms with E-state index in [9.17, 15) is 15.0 Å². The lowest BCUT2D eigenvalue weighted by Gasteiger charge is -2.23. The van der Waals surface area contributed by atoms with Crippen molar-refractivity contribution in [3.63, 3.8) is 0 Å². The molecule has 6 nitrogen and oxygen atoms in total. The lowest BCUT2D eigenvalue weighted by Crippen LogP contribution is -2.38. The van der Waals surface area contributed by atoms with Gasteiger partial charge < -0.3 is 25.2 Å². The molecule has 1 amide bonds. The van der Waals surface area contributed by atoms with Crippen LogP contribution in [0, 0.1) is 0 Å². The van der Waals surface area contributed by atoms with Crippen molar-refractivity contribution in [3.8, 4) is 11.5 Å². The predicted octanol–water partition coefficient (Wildman–Crippen LogP) is 1.87. The normalized spacial score (nSPS) is 12.9. The van der Waals surface area contributed by atoms with Crippen LogP contribution < -0.4 is 10.1 Å². The van der Waals surface area contributed by atoms with Crippen LogP contribution >= 0.6 is 0 Å². The van der Waals surface area contributed by atoms with Gasteiger partial charge in [-0.2, -0.15) is 0 Å². The van der Waals surface area contributed by atoms with E-state index in [0.717, 1.165) is 0 Å². The minimum Gasteiger partial charge on any atom is -0.508 e. The van der Waals surface area contributed by atoms with Crippen LogP contribution in [0.1, 0.15) is 32.4 Å². The molecule has 0 saturated heterocycles. The second-order valence-electron chi connectivity index (χ2n) is 6.17. The fraction of sp³-hybridized carbons (Fsp3) is 0.533. The maximum absolute atomic E-state index is 11.5. The number of benzene rings is 1. The summed E-state index contributed by atoms with van der Waals surface area (Å²) in [6.07, 6.45) is -1.36. The molecule has 0 aliphatic rings. The van der Waals surface area contributed by atoms with Crippen molar-refractivity contribution in [1.29, 1.82) is 0 Å². The Morgan fingerprint density at radius 3 is 2.48 bits per heavy atom. The highest BCUT2D eigenvalue weighted by molar-refractivity contribution is 5.70. The van der Waals surface area contributed by atoms with Crippen molar-refractivity contribution in [3.05, 3.63) is 23.8 Å². The summed E-state index contributed by atoms with van der Waals surface area (Å²) in [5.74, 6) is 0.127. The van der Waals surface area contributed by atoms with Gasteiger partial charge in [0.05, 0.1) is 6.10 Å². The quantitative estimate of drug-likeness (QED) is 0.790. The number of phenolic OH excluding ortho intramolecular Hbond substituents is 1. The summed E-state index contributed by atoms with van der Waals surface area (Å²) in [5.41, 5.74) is 0.353. The first-order chi connectivity index (χ1) is 9.58. The molecule has 0 aliphatic heterocycles. The Morgan fingerprint density at radius 2 is 1.95 bits per heavy atom. The maximum Gasteiger partial charge on any atom is 0.414 e. The Labute approximate surface area is 125 Å². The fourth-order valence-corrected chi connectivity index (χ4v) is 1.57. The number of aromatic hydroxyl groups is 1. The molecule has 0 fully saturated rings. The smallest absolute Gasteiger partial charge is 0.414 e. The van der Waals surface area contributed by atoms with E-state index in [1.807, 2.05) is 20.8 Å². The first-order valence-electron chi connectivity index (χ1n) is 6.74. The lowest BCUT2D eigenvalue weighted by molar-refractivity contribution is 0.161. The molecule has 0 heterocycles. The number of nitrogens with zero attached hydrogens (tertiary/aromatic N) is 1. The van der Waals surface area contributed by atoms with E-state index in [-0.39, 0.29) is 17.0 Å².